The number of rotatable bonds is 11. The van der Waals surface area contributed by atoms with Crippen LogP contribution in [0.1, 0.15) is 60.3 Å². The van der Waals surface area contributed by atoms with Crippen molar-refractivity contribution in [1.82, 2.24) is 5.32 Å². The number of esters is 1. The molecule has 0 bridgehead atoms. The smallest absolute Gasteiger partial charge is 0.410 e. The van der Waals surface area contributed by atoms with Gasteiger partial charge in [-0.05, 0) is 17.8 Å². The lowest BCUT2D eigenvalue weighted by Gasteiger charge is -2.28. The number of carboxylic acid groups (broad SMARTS) is 1. The van der Waals surface area contributed by atoms with Gasteiger partial charge in [0.05, 0.1) is 6.42 Å². The monoisotopic (exact) mass is 345 g/mol. The number of amides is 1. The lowest BCUT2D eigenvalue weighted by Crippen LogP contribution is -2.37. The second-order valence-corrected chi connectivity index (χ2v) is 6.30. The molecule has 0 spiro atoms. The minimum atomic E-state index is -0.985. The van der Waals surface area contributed by atoms with Crippen LogP contribution in [0.2, 0.25) is 0 Å². The molecule has 0 heterocycles. The first-order valence-corrected chi connectivity index (χ1v) is 8.50. The van der Waals surface area contributed by atoms with Gasteiger partial charge in [0.1, 0.15) is 0 Å². The Balaban J connectivity index is 4.53. The SMILES string of the molecule is CCCC[C@@H](C)[C@@H](C)[C@H](CNC(=O)O[C@@H](C)OC(C)=O)CC(=O)O. The quantitative estimate of drug-likeness (QED) is 0.440. The van der Waals surface area contributed by atoms with Crippen molar-refractivity contribution in [2.75, 3.05) is 6.54 Å². The first-order chi connectivity index (χ1) is 11.2. The number of hydrogen-bond donors (Lipinski definition) is 2. The topological polar surface area (TPSA) is 102 Å². The van der Waals surface area contributed by atoms with Gasteiger partial charge in [0, 0.05) is 20.4 Å². The number of alkyl carbamates (subject to hydrolysis) is 1. The zero-order chi connectivity index (χ0) is 18.7. The van der Waals surface area contributed by atoms with Crippen molar-refractivity contribution in [3.8, 4) is 0 Å². The fraction of sp³-hybridized carbons (Fsp3) is 0.824. The fourth-order valence-corrected chi connectivity index (χ4v) is 2.59. The van der Waals surface area contributed by atoms with Gasteiger partial charge in [-0.2, -0.15) is 0 Å². The maximum Gasteiger partial charge on any atom is 0.410 e. The first-order valence-electron chi connectivity index (χ1n) is 8.50. The van der Waals surface area contributed by atoms with Crippen LogP contribution in [0, 0.1) is 17.8 Å². The lowest BCUT2D eigenvalue weighted by molar-refractivity contribution is -0.162. The van der Waals surface area contributed by atoms with Crippen LogP contribution in [-0.2, 0) is 19.1 Å². The Morgan fingerprint density at radius 3 is 2.25 bits per heavy atom. The highest BCUT2D eigenvalue weighted by Gasteiger charge is 2.25. The summed E-state index contributed by atoms with van der Waals surface area (Å²) in [4.78, 5) is 33.6. The molecular formula is C17H31NO6. The molecule has 0 unspecified atom stereocenters. The maximum absolute atomic E-state index is 11.7. The van der Waals surface area contributed by atoms with Gasteiger partial charge >= 0.3 is 18.0 Å². The van der Waals surface area contributed by atoms with Gasteiger partial charge in [-0.15, -0.1) is 0 Å². The Hall–Kier alpha value is -1.79. The Bertz CT molecular complexity index is 412. The summed E-state index contributed by atoms with van der Waals surface area (Å²) in [6, 6.07) is 0. The zero-order valence-electron chi connectivity index (χ0n) is 15.3. The van der Waals surface area contributed by atoms with Crippen molar-refractivity contribution in [1.29, 1.82) is 0 Å². The summed E-state index contributed by atoms with van der Waals surface area (Å²) >= 11 is 0. The molecule has 0 fully saturated rings. The molecule has 140 valence electrons. The third kappa shape index (κ3) is 10.1. The van der Waals surface area contributed by atoms with Gasteiger partial charge in [-0.1, -0.05) is 40.0 Å². The Morgan fingerprint density at radius 2 is 1.75 bits per heavy atom. The Morgan fingerprint density at radius 1 is 1.12 bits per heavy atom. The number of carboxylic acids is 1. The van der Waals surface area contributed by atoms with Gasteiger partial charge in [0.2, 0.25) is 6.29 Å². The third-order valence-electron chi connectivity index (χ3n) is 4.20. The van der Waals surface area contributed by atoms with E-state index in [1.807, 2.05) is 6.92 Å². The van der Waals surface area contributed by atoms with Crippen LogP contribution in [0.25, 0.3) is 0 Å². The van der Waals surface area contributed by atoms with Crippen molar-refractivity contribution in [3.63, 3.8) is 0 Å². The molecule has 0 saturated heterocycles. The van der Waals surface area contributed by atoms with Crippen LogP contribution in [0.5, 0.6) is 0 Å². The summed E-state index contributed by atoms with van der Waals surface area (Å²) in [5.41, 5.74) is 0. The van der Waals surface area contributed by atoms with Crippen LogP contribution in [-0.4, -0.2) is 36.0 Å². The van der Waals surface area contributed by atoms with E-state index in [2.05, 4.69) is 19.2 Å². The molecule has 2 N–H and O–H groups in total. The average Bonchev–Trinajstić information content (AvgIpc) is 2.46. The van der Waals surface area contributed by atoms with Gasteiger partial charge in [-0.3, -0.25) is 9.59 Å². The second kappa shape index (κ2) is 11.7. The molecule has 7 heteroatoms. The van der Waals surface area contributed by atoms with Crippen LogP contribution < -0.4 is 5.32 Å². The van der Waals surface area contributed by atoms with Crippen LogP contribution >= 0.6 is 0 Å². The standard InChI is InChI=1S/C17H31NO6/c1-6-7-8-11(2)12(3)15(9-16(20)21)10-18-17(22)24-14(5)23-13(4)19/h11-12,14-15H,6-10H2,1-5H3,(H,18,22)(H,20,21)/t11-,12-,14+,15+/m1/s1. The molecule has 0 aromatic rings. The summed E-state index contributed by atoms with van der Waals surface area (Å²) in [5.74, 6) is -1.10. The largest absolute Gasteiger partial charge is 0.481 e. The molecule has 0 aromatic heterocycles. The number of carbonyl (C=O) groups excluding carboxylic acids is 2. The summed E-state index contributed by atoms with van der Waals surface area (Å²) in [5, 5.41) is 11.7. The summed E-state index contributed by atoms with van der Waals surface area (Å²) < 4.78 is 9.59. The van der Waals surface area contributed by atoms with Gasteiger partial charge in [0.25, 0.3) is 0 Å². The molecule has 0 aliphatic heterocycles. The molecule has 24 heavy (non-hydrogen) atoms. The molecule has 0 rings (SSSR count). The Kier molecular flexibility index (Phi) is 10.8. The van der Waals surface area contributed by atoms with E-state index in [0.717, 1.165) is 19.3 Å². The van der Waals surface area contributed by atoms with E-state index in [1.165, 1.54) is 13.8 Å². The molecule has 0 aliphatic carbocycles. The average molecular weight is 345 g/mol. The highest BCUT2D eigenvalue weighted by molar-refractivity contribution is 5.69. The van der Waals surface area contributed by atoms with Crippen molar-refractivity contribution < 1.29 is 29.0 Å². The van der Waals surface area contributed by atoms with Gasteiger partial charge in [0.15, 0.2) is 0 Å². The number of unbranched alkanes of at least 4 members (excludes halogenated alkanes) is 1. The van der Waals surface area contributed by atoms with E-state index in [0.29, 0.717) is 5.92 Å². The van der Waals surface area contributed by atoms with Crippen molar-refractivity contribution in [2.24, 2.45) is 17.8 Å². The molecule has 7 nitrogen and oxygen atoms in total. The molecule has 0 saturated carbocycles. The van der Waals surface area contributed by atoms with Crippen molar-refractivity contribution in [2.45, 2.75) is 66.6 Å². The fourth-order valence-electron chi connectivity index (χ4n) is 2.59. The van der Waals surface area contributed by atoms with Crippen LogP contribution in [0.3, 0.4) is 0 Å². The number of aliphatic carboxylic acids is 1. The van der Waals surface area contributed by atoms with Crippen molar-refractivity contribution >= 4 is 18.0 Å². The summed E-state index contributed by atoms with van der Waals surface area (Å²) in [6.45, 7) is 9.10. The van der Waals surface area contributed by atoms with Gasteiger partial charge in [-0.25, -0.2) is 4.79 Å². The van der Waals surface area contributed by atoms with Gasteiger partial charge < -0.3 is 19.9 Å². The zero-order valence-corrected chi connectivity index (χ0v) is 15.3. The molecule has 0 radical (unpaired) electrons. The number of hydrogen-bond acceptors (Lipinski definition) is 5. The number of carbonyl (C=O) groups is 3. The Labute approximate surface area is 144 Å². The third-order valence-corrected chi connectivity index (χ3v) is 4.20. The summed E-state index contributed by atoms with van der Waals surface area (Å²) in [6.07, 6.45) is 1.49. The minimum Gasteiger partial charge on any atom is -0.481 e. The highest BCUT2D eigenvalue weighted by atomic mass is 16.7. The van der Waals surface area contributed by atoms with E-state index in [4.69, 9.17) is 14.6 Å². The number of nitrogens with one attached hydrogen (secondary N) is 1. The van der Waals surface area contributed by atoms with E-state index in [9.17, 15) is 14.4 Å². The highest BCUT2D eigenvalue weighted by Crippen LogP contribution is 2.27. The molecule has 4 atom stereocenters. The van der Waals surface area contributed by atoms with E-state index >= 15 is 0 Å². The maximum atomic E-state index is 11.7. The molecule has 0 aliphatic rings. The minimum absolute atomic E-state index is 0.0165. The first kappa shape index (κ1) is 22.2. The summed E-state index contributed by atoms with van der Waals surface area (Å²) in [7, 11) is 0. The molecule has 1 amide bonds. The van der Waals surface area contributed by atoms with Crippen LogP contribution in [0.4, 0.5) is 4.79 Å². The van der Waals surface area contributed by atoms with Crippen LogP contribution in [0.15, 0.2) is 0 Å². The second-order valence-electron chi connectivity index (χ2n) is 6.30. The molecule has 0 aromatic carbocycles. The normalized spacial score (nSPS) is 15.7. The van der Waals surface area contributed by atoms with E-state index in [1.54, 1.807) is 0 Å². The molecular weight excluding hydrogens is 314 g/mol. The van der Waals surface area contributed by atoms with E-state index in [-0.39, 0.29) is 24.8 Å². The van der Waals surface area contributed by atoms with E-state index < -0.39 is 24.3 Å². The number of ether oxygens (including phenoxy) is 2. The predicted octanol–water partition coefficient (Wildman–Crippen LogP) is 3.18. The lowest BCUT2D eigenvalue weighted by atomic mass is 9.79. The van der Waals surface area contributed by atoms with Crippen molar-refractivity contribution in [3.05, 3.63) is 0 Å². The predicted molar refractivity (Wildman–Crippen MR) is 89.3 cm³/mol.